The molecule has 3 aromatic carbocycles. The largest absolute Gasteiger partial charge is 0.481 e. The predicted molar refractivity (Wildman–Crippen MR) is 135 cm³/mol. The summed E-state index contributed by atoms with van der Waals surface area (Å²) in [6.45, 7) is 7.80. The molecule has 0 aliphatic heterocycles. The van der Waals surface area contributed by atoms with Gasteiger partial charge in [-0.15, -0.1) is 0 Å². The van der Waals surface area contributed by atoms with Crippen molar-refractivity contribution in [2.45, 2.75) is 52.7 Å². The molecular weight excluding hydrogens is 428 g/mol. The van der Waals surface area contributed by atoms with E-state index in [-0.39, 0.29) is 11.8 Å². The Bertz CT molecular complexity index is 988. The number of carbonyl (C=O) groups excluding carboxylic acids is 2. The van der Waals surface area contributed by atoms with Gasteiger partial charge >= 0.3 is 0 Å². The van der Waals surface area contributed by atoms with Crippen molar-refractivity contribution >= 4 is 23.2 Å². The van der Waals surface area contributed by atoms with Crippen LogP contribution >= 0.6 is 0 Å². The molecule has 0 bridgehead atoms. The molecule has 34 heavy (non-hydrogen) atoms. The summed E-state index contributed by atoms with van der Waals surface area (Å²) in [5.74, 6) is 0.864. The standard InChI is InChI=1S/C28H32N2O4/c1-5-25(33-23-15-7-19(3)8-16-23)27(31)29-21-11-13-22(14-12-21)30-28(32)26(6-2)34-24-17-9-20(4)10-18-24/h7-18,25-26H,5-6H2,1-4H3,(H,29,31)(H,30,32). The fraction of sp³-hybridized carbons (Fsp3) is 0.286. The molecule has 0 spiro atoms. The molecule has 0 saturated carbocycles. The molecule has 0 heterocycles. The predicted octanol–water partition coefficient (Wildman–Crippen LogP) is 5.90. The highest BCUT2D eigenvalue weighted by Crippen LogP contribution is 2.19. The first-order valence-corrected chi connectivity index (χ1v) is 11.6. The van der Waals surface area contributed by atoms with Gasteiger partial charge in [-0.05, 0) is 75.2 Å². The fourth-order valence-electron chi connectivity index (χ4n) is 3.29. The van der Waals surface area contributed by atoms with Crippen molar-refractivity contribution in [2.24, 2.45) is 0 Å². The number of aryl methyl sites for hydroxylation is 2. The van der Waals surface area contributed by atoms with Crippen molar-refractivity contribution in [1.29, 1.82) is 0 Å². The molecule has 0 aliphatic rings. The molecule has 2 atom stereocenters. The molecule has 0 aliphatic carbocycles. The zero-order valence-corrected chi connectivity index (χ0v) is 20.1. The summed E-state index contributed by atoms with van der Waals surface area (Å²) >= 11 is 0. The van der Waals surface area contributed by atoms with E-state index in [2.05, 4.69) is 10.6 Å². The number of rotatable bonds is 10. The fourth-order valence-corrected chi connectivity index (χ4v) is 3.29. The molecule has 3 aromatic rings. The minimum absolute atomic E-state index is 0.225. The van der Waals surface area contributed by atoms with Gasteiger partial charge in [0, 0.05) is 11.4 Å². The van der Waals surface area contributed by atoms with Crippen LogP contribution in [0.4, 0.5) is 11.4 Å². The topological polar surface area (TPSA) is 76.7 Å². The van der Waals surface area contributed by atoms with E-state index in [0.717, 1.165) is 11.1 Å². The first-order valence-electron chi connectivity index (χ1n) is 11.6. The van der Waals surface area contributed by atoms with Crippen LogP contribution in [0.15, 0.2) is 72.8 Å². The smallest absolute Gasteiger partial charge is 0.265 e. The Morgan fingerprint density at radius 2 is 0.941 bits per heavy atom. The highest BCUT2D eigenvalue weighted by Gasteiger charge is 2.20. The van der Waals surface area contributed by atoms with Crippen LogP contribution in [-0.2, 0) is 9.59 Å². The van der Waals surface area contributed by atoms with Gasteiger partial charge in [0.05, 0.1) is 0 Å². The highest BCUT2D eigenvalue weighted by molar-refractivity contribution is 5.96. The van der Waals surface area contributed by atoms with Crippen molar-refractivity contribution < 1.29 is 19.1 Å². The zero-order valence-electron chi connectivity index (χ0n) is 20.1. The van der Waals surface area contributed by atoms with Gasteiger partial charge in [-0.25, -0.2) is 0 Å². The van der Waals surface area contributed by atoms with Gasteiger partial charge < -0.3 is 20.1 Å². The third-order valence-corrected chi connectivity index (χ3v) is 5.35. The second kappa shape index (κ2) is 11.9. The number of amides is 2. The van der Waals surface area contributed by atoms with Gasteiger partial charge in [0.1, 0.15) is 11.5 Å². The van der Waals surface area contributed by atoms with Gasteiger partial charge in [0.2, 0.25) is 0 Å². The van der Waals surface area contributed by atoms with Gasteiger partial charge in [0.15, 0.2) is 12.2 Å². The molecule has 2 N–H and O–H groups in total. The minimum Gasteiger partial charge on any atom is -0.481 e. The van der Waals surface area contributed by atoms with Gasteiger partial charge in [-0.2, -0.15) is 0 Å². The van der Waals surface area contributed by atoms with E-state index in [4.69, 9.17) is 9.47 Å². The van der Waals surface area contributed by atoms with Crippen molar-refractivity contribution in [3.05, 3.63) is 83.9 Å². The van der Waals surface area contributed by atoms with E-state index in [1.165, 1.54) is 0 Å². The third kappa shape index (κ3) is 7.10. The van der Waals surface area contributed by atoms with Crippen molar-refractivity contribution in [1.82, 2.24) is 0 Å². The molecule has 6 heteroatoms. The molecule has 178 valence electrons. The van der Waals surface area contributed by atoms with E-state index in [0.29, 0.717) is 35.7 Å². The van der Waals surface area contributed by atoms with Crippen molar-refractivity contribution in [2.75, 3.05) is 10.6 Å². The molecule has 2 amide bonds. The summed E-state index contributed by atoms with van der Waals surface area (Å²) in [6, 6.07) is 22.2. The number of hydrogen-bond donors (Lipinski definition) is 2. The van der Waals surface area contributed by atoms with Crippen LogP contribution in [0.1, 0.15) is 37.8 Å². The van der Waals surface area contributed by atoms with E-state index in [9.17, 15) is 9.59 Å². The molecular formula is C28H32N2O4. The van der Waals surface area contributed by atoms with Gasteiger partial charge in [-0.1, -0.05) is 49.2 Å². The summed E-state index contributed by atoms with van der Waals surface area (Å²) in [6.07, 6.45) is -0.141. The van der Waals surface area contributed by atoms with E-state index in [1.54, 1.807) is 24.3 Å². The Labute approximate surface area is 201 Å². The lowest BCUT2D eigenvalue weighted by atomic mass is 10.2. The summed E-state index contributed by atoms with van der Waals surface area (Å²) in [5, 5.41) is 5.75. The first-order chi connectivity index (χ1) is 16.4. The summed E-state index contributed by atoms with van der Waals surface area (Å²) in [7, 11) is 0. The number of carbonyl (C=O) groups is 2. The SMILES string of the molecule is CCC(Oc1ccc(C)cc1)C(=O)Nc1ccc(NC(=O)C(CC)Oc2ccc(C)cc2)cc1. The maximum atomic E-state index is 12.7. The summed E-state index contributed by atoms with van der Waals surface area (Å²) in [4.78, 5) is 25.4. The summed E-state index contributed by atoms with van der Waals surface area (Å²) in [5.41, 5.74) is 3.50. The average Bonchev–Trinajstić information content (AvgIpc) is 2.84. The number of anilines is 2. The van der Waals surface area contributed by atoms with Crippen molar-refractivity contribution in [3.8, 4) is 11.5 Å². The summed E-state index contributed by atoms with van der Waals surface area (Å²) < 4.78 is 11.7. The van der Waals surface area contributed by atoms with Crippen LogP contribution in [-0.4, -0.2) is 24.0 Å². The van der Waals surface area contributed by atoms with Crippen LogP contribution in [0, 0.1) is 13.8 Å². The maximum Gasteiger partial charge on any atom is 0.265 e. The lowest BCUT2D eigenvalue weighted by Crippen LogP contribution is -2.32. The lowest BCUT2D eigenvalue weighted by Gasteiger charge is -2.18. The first kappa shape index (κ1) is 24.8. The second-order valence-corrected chi connectivity index (χ2v) is 8.21. The van der Waals surface area contributed by atoms with Crippen LogP contribution < -0.4 is 20.1 Å². The Balaban J connectivity index is 1.55. The number of benzene rings is 3. The monoisotopic (exact) mass is 460 g/mol. The lowest BCUT2D eigenvalue weighted by molar-refractivity contribution is -0.123. The van der Waals surface area contributed by atoms with E-state index >= 15 is 0 Å². The Hall–Kier alpha value is -3.80. The van der Waals surface area contributed by atoms with E-state index in [1.807, 2.05) is 76.2 Å². The van der Waals surface area contributed by atoms with Crippen LogP contribution in [0.2, 0.25) is 0 Å². The molecule has 6 nitrogen and oxygen atoms in total. The second-order valence-electron chi connectivity index (χ2n) is 8.21. The Morgan fingerprint density at radius 1 is 0.618 bits per heavy atom. The molecule has 2 unspecified atom stereocenters. The normalized spacial score (nSPS) is 12.4. The van der Waals surface area contributed by atoms with Crippen LogP contribution in [0.25, 0.3) is 0 Å². The van der Waals surface area contributed by atoms with Crippen molar-refractivity contribution in [3.63, 3.8) is 0 Å². The number of nitrogens with one attached hydrogen (secondary N) is 2. The Morgan fingerprint density at radius 3 is 1.24 bits per heavy atom. The Kier molecular flexibility index (Phi) is 8.68. The molecule has 3 rings (SSSR count). The van der Waals surface area contributed by atoms with Crippen LogP contribution in [0.3, 0.4) is 0 Å². The molecule has 0 fully saturated rings. The molecule has 0 radical (unpaired) electrons. The average molecular weight is 461 g/mol. The molecule has 0 saturated heterocycles. The minimum atomic E-state index is -0.605. The maximum absolute atomic E-state index is 12.7. The van der Waals surface area contributed by atoms with E-state index < -0.39 is 12.2 Å². The van der Waals surface area contributed by atoms with Gasteiger partial charge in [0.25, 0.3) is 11.8 Å². The number of ether oxygens (including phenoxy) is 2. The van der Waals surface area contributed by atoms with Gasteiger partial charge in [-0.3, -0.25) is 9.59 Å². The molecule has 0 aromatic heterocycles. The quantitative estimate of drug-likeness (QED) is 0.395. The number of hydrogen-bond acceptors (Lipinski definition) is 4. The van der Waals surface area contributed by atoms with Crippen LogP contribution in [0.5, 0.6) is 11.5 Å². The third-order valence-electron chi connectivity index (χ3n) is 5.35. The zero-order chi connectivity index (χ0) is 24.5. The highest BCUT2D eigenvalue weighted by atomic mass is 16.5.